The third-order valence-electron chi connectivity index (χ3n) is 9.78. The second-order valence-electron chi connectivity index (χ2n) is 12.5. The Labute approximate surface area is 283 Å². The molecule has 0 N–H and O–H groups in total. The first-order valence-corrected chi connectivity index (χ1v) is 16.7. The van der Waals surface area contributed by atoms with Crippen molar-refractivity contribution in [1.29, 1.82) is 0 Å². The summed E-state index contributed by atoms with van der Waals surface area (Å²) in [5.41, 5.74) is 10.7. The van der Waals surface area contributed by atoms with Gasteiger partial charge in [0.05, 0.1) is 28.1 Å². The van der Waals surface area contributed by atoms with Crippen LogP contribution in [0.3, 0.4) is 0 Å². The van der Waals surface area contributed by atoms with Gasteiger partial charge in [-0.05, 0) is 64.9 Å². The van der Waals surface area contributed by atoms with Crippen molar-refractivity contribution < 1.29 is 4.42 Å². The van der Waals surface area contributed by atoms with Crippen molar-refractivity contribution in [2.45, 2.75) is 0 Å². The average Bonchev–Trinajstić information content (AvgIpc) is 3.72. The van der Waals surface area contributed by atoms with E-state index in [9.17, 15) is 0 Å². The molecule has 230 valence electrons. The SMILES string of the molecule is c1ccc(-n2c3ccccc3c3c(N(c4ccccc4-c4cccc5ccccc45)c4cccc5c4oc4ccccc45)cccc32)cc1. The average molecular weight is 627 g/mol. The monoisotopic (exact) mass is 626 g/mol. The lowest BCUT2D eigenvalue weighted by molar-refractivity contribution is 0.669. The molecule has 3 heteroatoms. The van der Waals surface area contributed by atoms with Crippen LogP contribution in [0.5, 0.6) is 0 Å². The topological polar surface area (TPSA) is 21.3 Å². The van der Waals surface area contributed by atoms with Crippen LogP contribution in [0.1, 0.15) is 0 Å². The Morgan fingerprint density at radius 2 is 0.980 bits per heavy atom. The minimum absolute atomic E-state index is 0.861. The molecule has 0 amide bonds. The Kier molecular flexibility index (Phi) is 6.18. The largest absolute Gasteiger partial charge is 0.454 e. The van der Waals surface area contributed by atoms with Crippen LogP contribution in [-0.4, -0.2) is 4.57 Å². The van der Waals surface area contributed by atoms with Crippen LogP contribution in [0.15, 0.2) is 186 Å². The molecule has 10 aromatic rings. The van der Waals surface area contributed by atoms with Gasteiger partial charge in [0.25, 0.3) is 0 Å². The first-order valence-electron chi connectivity index (χ1n) is 16.7. The number of anilines is 3. The molecule has 10 rings (SSSR count). The zero-order valence-corrected chi connectivity index (χ0v) is 26.6. The quantitative estimate of drug-likeness (QED) is 0.190. The fourth-order valence-electron chi connectivity index (χ4n) is 7.70. The first-order chi connectivity index (χ1) is 24.3. The van der Waals surface area contributed by atoms with E-state index in [4.69, 9.17) is 4.42 Å². The Balaban J connectivity index is 1.35. The van der Waals surface area contributed by atoms with E-state index in [0.29, 0.717) is 0 Å². The van der Waals surface area contributed by atoms with Gasteiger partial charge >= 0.3 is 0 Å². The fraction of sp³-hybridized carbons (Fsp3) is 0. The van der Waals surface area contributed by atoms with Gasteiger partial charge in [-0.25, -0.2) is 0 Å². The number of aromatic nitrogens is 1. The molecule has 0 atom stereocenters. The molecular weight excluding hydrogens is 597 g/mol. The molecule has 2 aromatic heterocycles. The first kappa shape index (κ1) is 27.5. The molecule has 49 heavy (non-hydrogen) atoms. The Hall–Kier alpha value is -6.58. The highest BCUT2D eigenvalue weighted by Crippen LogP contribution is 2.49. The van der Waals surface area contributed by atoms with Crippen LogP contribution >= 0.6 is 0 Å². The van der Waals surface area contributed by atoms with E-state index in [1.54, 1.807) is 0 Å². The van der Waals surface area contributed by atoms with Crippen molar-refractivity contribution >= 4 is 71.6 Å². The van der Waals surface area contributed by atoms with Gasteiger partial charge in [0.15, 0.2) is 5.58 Å². The van der Waals surface area contributed by atoms with Gasteiger partial charge < -0.3 is 13.9 Å². The number of para-hydroxylation sites is 5. The van der Waals surface area contributed by atoms with E-state index >= 15 is 0 Å². The number of furan rings is 1. The maximum Gasteiger partial charge on any atom is 0.159 e. The summed E-state index contributed by atoms with van der Waals surface area (Å²) in [6, 6.07) is 64.9. The number of fused-ring (bicyclic) bond motifs is 7. The van der Waals surface area contributed by atoms with Crippen LogP contribution in [0.2, 0.25) is 0 Å². The number of rotatable bonds is 5. The minimum atomic E-state index is 0.861. The second-order valence-corrected chi connectivity index (χ2v) is 12.5. The molecule has 0 unspecified atom stereocenters. The van der Waals surface area contributed by atoms with Gasteiger partial charge in [0, 0.05) is 32.8 Å². The van der Waals surface area contributed by atoms with E-state index in [1.807, 2.05) is 6.07 Å². The van der Waals surface area contributed by atoms with Gasteiger partial charge in [-0.15, -0.1) is 0 Å². The van der Waals surface area contributed by atoms with E-state index in [0.717, 1.165) is 55.8 Å². The van der Waals surface area contributed by atoms with Gasteiger partial charge in [0.2, 0.25) is 0 Å². The number of hydrogen-bond acceptors (Lipinski definition) is 2. The minimum Gasteiger partial charge on any atom is -0.454 e. The van der Waals surface area contributed by atoms with Crippen LogP contribution in [0.4, 0.5) is 17.1 Å². The molecule has 0 bridgehead atoms. The van der Waals surface area contributed by atoms with Crippen molar-refractivity contribution in [3.05, 3.63) is 182 Å². The summed E-state index contributed by atoms with van der Waals surface area (Å²) in [5.74, 6) is 0. The molecule has 2 heterocycles. The van der Waals surface area contributed by atoms with Crippen LogP contribution in [0.25, 0.3) is 71.3 Å². The Morgan fingerprint density at radius 3 is 1.90 bits per heavy atom. The molecule has 0 saturated heterocycles. The van der Waals surface area contributed by atoms with E-state index in [2.05, 4.69) is 185 Å². The smallest absolute Gasteiger partial charge is 0.159 e. The lowest BCUT2D eigenvalue weighted by atomic mass is 9.95. The van der Waals surface area contributed by atoms with E-state index in [1.165, 1.54) is 32.6 Å². The van der Waals surface area contributed by atoms with Gasteiger partial charge in [-0.2, -0.15) is 0 Å². The third kappa shape index (κ3) is 4.23. The van der Waals surface area contributed by atoms with E-state index < -0.39 is 0 Å². The summed E-state index contributed by atoms with van der Waals surface area (Å²) in [6.45, 7) is 0. The fourth-order valence-corrected chi connectivity index (χ4v) is 7.70. The van der Waals surface area contributed by atoms with Crippen LogP contribution in [0, 0.1) is 0 Å². The summed E-state index contributed by atoms with van der Waals surface area (Å²) in [6.07, 6.45) is 0. The summed E-state index contributed by atoms with van der Waals surface area (Å²) in [7, 11) is 0. The number of nitrogens with zero attached hydrogens (tertiary/aromatic N) is 2. The maximum absolute atomic E-state index is 6.75. The van der Waals surface area contributed by atoms with E-state index in [-0.39, 0.29) is 0 Å². The van der Waals surface area contributed by atoms with Crippen molar-refractivity contribution in [2.75, 3.05) is 4.90 Å². The molecular formula is C46H30N2O. The molecule has 8 aromatic carbocycles. The molecule has 0 spiro atoms. The number of hydrogen-bond donors (Lipinski definition) is 0. The highest BCUT2D eigenvalue weighted by Gasteiger charge is 2.26. The van der Waals surface area contributed by atoms with Crippen molar-refractivity contribution in [1.82, 2.24) is 4.57 Å². The Bertz CT molecular complexity index is 2840. The normalized spacial score (nSPS) is 11.7. The zero-order valence-electron chi connectivity index (χ0n) is 26.6. The predicted molar refractivity (Wildman–Crippen MR) is 206 cm³/mol. The molecule has 0 saturated carbocycles. The standard InChI is InChI=1S/C46H30N2O/c1-2-17-32(18-3-1)47-40-26-10-7-22-38(40)45-41(47)27-14-28-42(45)48(43-29-13-24-37-36-21-8-11-30-44(36)49-46(37)43)39-25-9-6-20-35(39)34-23-12-16-31-15-4-5-19-33(31)34/h1-30H. The molecule has 0 aliphatic heterocycles. The van der Waals surface area contributed by atoms with Crippen molar-refractivity contribution in [2.24, 2.45) is 0 Å². The third-order valence-corrected chi connectivity index (χ3v) is 9.78. The lowest BCUT2D eigenvalue weighted by Crippen LogP contribution is -2.12. The molecule has 0 aliphatic rings. The Morgan fingerprint density at radius 1 is 0.388 bits per heavy atom. The highest BCUT2D eigenvalue weighted by atomic mass is 16.3. The molecule has 0 fully saturated rings. The lowest BCUT2D eigenvalue weighted by Gasteiger charge is -2.29. The van der Waals surface area contributed by atoms with Crippen molar-refractivity contribution in [3.63, 3.8) is 0 Å². The summed E-state index contributed by atoms with van der Waals surface area (Å²) in [4.78, 5) is 2.42. The highest BCUT2D eigenvalue weighted by molar-refractivity contribution is 6.19. The molecule has 3 nitrogen and oxygen atoms in total. The van der Waals surface area contributed by atoms with Crippen molar-refractivity contribution in [3.8, 4) is 16.8 Å². The molecule has 0 aliphatic carbocycles. The van der Waals surface area contributed by atoms with Gasteiger partial charge in [0.1, 0.15) is 5.58 Å². The maximum atomic E-state index is 6.75. The van der Waals surface area contributed by atoms with Gasteiger partial charge in [-0.1, -0.05) is 133 Å². The summed E-state index contributed by atoms with van der Waals surface area (Å²) >= 11 is 0. The predicted octanol–water partition coefficient (Wildman–Crippen LogP) is 13.0. The van der Waals surface area contributed by atoms with Crippen LogP contribution < -0.4 is 4.90 Å². The summed E-state index contributed by atoms with van der Waals surface area (Å²) < 4.78 is 9.13. The zero-order chi connectivity index (χ0) is 32.3. The van der Waals surface area contributed by atoms with Crippen LogP contribution in [-0.2, 0) is 0 Å². The van der Waals surface area contributed by atoms with Gasteiger partial charge in [-0.3, -0.25) is 0 Å². The summed E-state index contributed by atoms with van der Waals surface area (Å²) in [5, 5.41) is 7.02. The second kappa shape index (κ2) is 11.0. The molecule has 0 radical (unpaired) electrons. The number of benzene rings is 8.